The molecule has 0 saturated heterocycles. The summed E-state index contributed by atoms with van der Waals surface area (Å²) in [4.78, 5) is 4.16. The summed E-state index contributed by atoms with van der Waals surface area (Å²) in [6, 6.07) is 7.12. The summed E-state index contributed by atoms with van der Waals surface area (Å²) in [6.07, 6.45) is 3.42. The van der Waals surface area contributed by atoms with Crippen molar-refractivity contribution in [3.63, 3.8) is 0 Å². The first-order valence-electron chi connectivity index (χ1n) is 6.74. The molecule has 104 valence electrons. The molecule has 0 bridgehead atoms. The normalized spacial score (nSPS) is 15.2. The number of hydrogen-bond acceptors (Lipinski definition) is 2. The maximum Gasteiger partial charge on any atom is 0.191 e. The lowest BCUT2D eigenvalue weighted by Crippen LogP contribution is -2.39. The molecule has 1 aromatic rings. The predicted molar refractivity (Wildman–Crippen MR) is 77.0 cm³/mol. The van der Waals surface area contributed by atoms with Crippen LogP contribution < -0.4 is 16.0 Å². The van der Waals surface area contributed by atoms with Crippen LogP contribution in [0.15, 0.2) is 29.3 Å². The van der Waals surface area contributed by atoms with Crippen molar-refractivity contribution in [3.05, 3.63) is 30.1 Å². The molecule has 19 heavy (non-hydrogen) atoms. The fourth-order valence-corrected chi connectivity index (χ4v) is 1.74. The van der Waals surface area contributed by atoms with Crippen LogP contribution in [0.1, 0.15) is 19.3 Å². The average Bonchev–Trinajstić information content (AvgIpc) is 3.21. The van der Waals surface area contributed by atoms with E-state index >= 15 is 0 Å². The molecule has 0 aromatic heterocycles. The quantitative estimate of drug-likeness (QED) is 0.418. The lowest BCUT2D eigenvalue weighted by molar-refractivity contribution is 0.628. The van der Waals surface area contributed by atoms with Crippen LogP contribution in [-0.4, -0.2) is 32.1 Å². The van der Waals surface area contributed by atoms with Crippen LogP contribution in [0, 0.1) is 5.82 Å². The van der Waals surface area contributed by atoms with Crippen LogP contribution in [0.25, 0.3) is 0 Å². The zero-order chi connectivity index (χ0) is 13.5. The van der Waals surface area contributed by atoms with Gasteiger partial charge >= 0.3 is 0 Å². The molecule has 1 aliphatic rings. The van der Waals surface area contributed by atoms with Crippen molar-refractivity contribution >= 4 is 11.6 Å². The Morgan fingerprint density at radius 2 is 2.21 bits per heavy atom. The molecule has 0 heterocycles. The highest BCUT2D eigenvalue weighted by Gasteiger charge is 2.21. The largest absolute Gasteiger partial charge is 0.385 e. The topological polar surface area (TPSA) is 48.5 Å². The van der Waals surface area contributed by atoms with Crippen LogP contribution in [-0.2, 0) is 0 Å². The molecule has 1 saturated carbocycles. The van der Waals surface area contributed by atoms with E-state index in [9.17, 15) is 4.39 Å². The summed E-state index contributed by atoms with van der Waals surface area (Å²) in [5, 5.41) is 9.78. The second-order valence-electron chi connectivity index (χ2n) is 4.71. The fourth-order valence-electron chi connectivity index (χ4n) is 1.74. The Balaban J connectivity index is 1.58. The number of halogens is 1. The highest BCUT2D eigenvalue weighted by atomic mass is 19.1. The second-order valence-corrected chi connectivity index (χ2v) is 4.71. The molecule has 0 amide bonds. The Kier molecular flexibility index (Phi) is 5.01. The molecule has 0 aliphatic heterocycles. The minimum absolute atomic E-state index is 0.211. The van der Waals surface area contributed by atoms with Crippen LogP contribution in [0.2, 0.25) is 0 Å². The monoisotopic (exact) mass is 264 g/mol. The number of nitrogens with zero attached hydrogens (tertiary/aromatic N) is 1. The third-order valence-corrected chi connectivity index (χ3v) is 2.94. The molecule has 3 N–H and O–H groups in total. The molecule has 1 aliphatic carbocycles. The van der Waals surface area contributed by atoms with E-state index in [0.29, 0.717) is 6.04 Å². The number of aliphatic imine (C=N–C) groups is 1. The summed E-state index contributed by atoms with van der Waals surface area (Å²) < 4.78 is 12.9. The van der Waals surface area contributed by atoms with Crippen molar-refractivity contribution in [2.75, 3.05) is 25.5 Å². The Bertz CT molecular complexity index is 429. The third-order valence-electron chi connectivity index (χ3n) is 2.94. The standard InChI is InChI=1S/C14H21FN4/c1-16-14(19-12-6-7-12)18-9-3-8-17-13-5-2-4-11(15)10-13/h2,4-5,10,12,17H,3,6-9H2,1H3,(H2,16,18,19). The maximum absolute atomic E-state index is 12.9. The fraction of sp³-hybridized carbons (Fsp3) is 0.500. The number of nitrogens with one attached hydrogen (secondary N) is 3. The van der Waals surface area contributed by atoms with Gasteiger partial charge in [-0.2, -0.15) is 0 Å². The summed E-state index contributed by atoms with van der Waals surface area (Å²) in [6.45, 7) is 1.64. The minimum Gasteiger partial charge on any atom is -0.385 e. The first kappa shape index (κ1) is 13.6. The Labute approximate surface area is 113 Å². The number of guanidine groups is 1. The Morgan fingerprint density at radius 1 is 1.37 bits per heavy atom. The van der Waals surface area contributed by atoms with E-state index in [4.69, 9.17) is 0 Å². The van der Waals surface area contributed by atoms with Gasteiger partial charge < -0.3 is 16.0 Å². The van der Waals surface area contributed by atoms with Crippen LogP contribution >= 0.6 is 0 Å². The van der Waals surface area contributed by atoms with Gasteiger partial charge in [-0.25, -0.2) is 4.39 Å². The van der Waals surface area contributed by atoms with E-state index < -0.39 is 0 Å². The Hall–Kier alpha value is -1.78. The van der Waals surface area contributed by atoms with Crippen molar-refractivity contribution in [2.45, 2.75) is 25.3 Å². The maximum atomic E-state index is 12.9. The van der Waals surface area contributed by atoms with E-state index in [1.165, 1.54) is 25.0 Å². The SMILES string of the molecule is CN=C(NCCCNc1cccc(F)c1)NC1CC1. The average molecular weight is 264 g/mol. The van der Waals surface area contributed by atoms with E-state index in [2.05, 4.69) is 20.9 Å². The van der Waals surface area contributed by atoms with Crippen LogP contribution in [0.4, 0.5) is 10.1 Å². The van der Waals surface area contributed by atoms with Crippen molar-refractivity contribution in [2.24, 2.45) is 4.99 Å². The lowest BCUT2D eigenvalue weighted by Gasteiger charge is -2.11. The van der Waals surface area contributed by atoms with Gasteiger partial charge in [-0.05, 0) is 37.5 Å². The summed E-state index contributed by atoms with van der Waals surface area (Å²) in [5.74, 6) is 0.658. The van der Waals surface area contributed by atoms with E-state index in [-0.39, 0.29) is 5.82 Å². The van der Waals surface area contributed by atoms with E-state index in [0.717, 1.165) is 31.2 Å². The summed E-state index contributed by atoms with van der Waals surface area (Å²) in [5.41, 5.74) is 0.820. The molecule has 0 spiro atoms. The van der Waals surface area contributed by atoms with Gasteiger partial charge in [-0.1, -0.05) is 6.07 Å². The Morgan fingerprint density at radius 3 is 2.89 bits per heavy atom. The molecule has 0 radical (unpaired) electrons. The molecular weight excluding hydrogens is 243 g/mol. The zero-order valence-electron chi connectivity index (χ0n) is 11.2. The van der Waals surface area contributed by atoms with E-state index in [1.54, 1.807) is 13.1 Å². The number of benzene rings is 1. The molecule has 4 nitrogen and oxygen atoms in total. The highest BCUT2D eigenvalue weighted by molar-refractivity contribution is 5.80. The molecule has 0 unspecified atom stereocenters. The van der Waals surface area contributed by atoms with E-state index in [1.807, 2.05) is 6.07 Å². The van der Waals surface area contributed by atoms with Gasteiger partial charge in [0.25, 0.3) is 0 Å². The summed E-state index contributed by atoms with van der Waals surface area (Å²) in [7, 11) is 1.78. The van der Waals surface area contributed by atoms with Gasteiger partial charge in [0, 0.05) is 31.9 Å². The molecule has 1 fully saturated rings. The predicted octanol–water partition coefficient (Wildman–Crippen LogP) is 1.96. The van der Waals surface area contributed by atoms with Crippen LogP contribution in [0.3, 0.4) is 0 Å². The lowest BCUT2D eigenvalue weighted by atomic mass is 10.3. The smallest absolute Gasteiger partial charge is 0.191 e. The van der Waals surface area contributed by atoms with Crippen molar-refractivity contribution in [3.8, 4) is 0 Å². The van der Waals surface area contributed by atoms with Gasteiger partial charge in [0.1, 0.15) is 5.82 Å². The number of anilines is 1. The van der Waals surface area contributed by atoms with Crippen molar-refractivity contribution in [1.82, 2.24) is 10.6 Å². The third kappa shape index (κ3) is 5.16. The van der Waals surface area contributed by atoms with Gasteiger partial charge in [-0.15, -0.1) is 0 Å². The number of rotatable bonds is 6. The number of hydrogen-bond donors (Lipinski definition) is 3. The van der Waals surface area contributed by atoms with Gasteiger partial charge in [0.05, 0.1) is 0 Å². The minimum atomic E-state index is -0.211. The van der Waals surface area contributed by atoms with Gasteiger partial charge in [-0.3, -0.25) is 4.99 Å². The first-order valence-corrected chi connectivity index (χ1v) is 6.74. The molecule has 5 heteroatoms. The zero-order valence-corrected chi connectivity index (χ0v) is 11.2. The molecule has 1 aromatic carbocycles. The second kappa shape index (κ2) is 6.97. The van der Waals surface area contributed by atoms with Crippen molar-refractivity contribution < 1.29 is 4.39 Å². The molecule has 0 atom stereocenters. The summed E-state index contributed by atoms with van der Waals surface area (Å²) >= 11 is 0. The highest BCUT2D eigenvalue weighted by Crippen LogP contribution is 2.18. The van der Waals surface area contributed by atoms with Crippen LogP contribution in [0.5, 0.6) is 0 Å². The van der Waals surface area contributed by atoms with Gasteiger partial charge in [0.2, 0.25) is 0 Å². The first-order chi connectivity index (χ1) is 9.28. The molecular formula is C14H21FN4. The van der Waals surface area contributed by atoms with Crippen molar-refractivity contribution in [1.29, 1.82) is 0 Å². The molecule has 2 rings (SSSR count). The van der Waals surface area contributed by atoms with Gasteiger partial charge in [0.15, 0.2) is 5.96 Å².